The minimum absolute atomic E-state index is 0.272. The van der Waals surface area contributed by atoms with Crippen LogP contribution >= 0.6 is 0 Å². The smallest absolute Gasteiger partial charge is 0.255 e. The summed E-state index contributed by atoms with van der Waals surface area (Å²) in [6.07, 6.45) is 5.03. The van der Waals surface area contributed by atoms with Crippen molar-refractivity contribution in [1.82, 2.24) is 14.8 Å². The van der Waals surface area contributed by atoms with E-state index in [2.05, 4.69) is 15.4 Å². The van der Waals surface area contributed by atoms with Gasteiger partial charge in [0.05, 0.1) is 11.9 Å². The molecule has 0 unspecified atom stereocenters. The van der Waals surface area contributed by atoms with Crippen LogP contribution in [-0.4, -0.2) is 20.7 Å². The highest BCUT2D eigenvalue weighted by molar-refractivity contribution is 6.04. The van der Waals surface area contributed by atoms with Crippen molar-refractivity contribution in [3.8, 4) is 11.6 Å². The van der Waals surface area contributed by atoms with Gasteiger partial charge in [-0.05, 0) is 54.1 Å². The van der Waals surface area contributed by atoms with Crippen LogP contribution in [0.4, 0.5) is 10.1 Å². The molecule has 0 atom stereocenters. The van der Waals surface area contributed by atoms with E-state index in [1.807, 2.05) is 6.07 Å². The number of halogens is 1. The Morgan fingerprint density at radius 2 is 1.93 bits per heavy atom. The SMILES string of the molecule is O=C(Nc1ccc(-n2cccn2)nc1)c1cccc(OCc2ccc(F)cc2)c1. The number of pyridine rings is 1. The molecule has 29 heavy (non-hydrogen) atoms. The van der Waals surface area contributed by atoms with E-state index in [0.29, 0.717) is 22.8 Å². The molecule has 0 radical (unpaired) electrons. The van der Waals surface area contributed by atoms with E-state index < -0.39 is 0 Å². The fourth-order valence-corrected chi connectivity index (χ4v) is 2.68. The third-order valence-electron chi connectivity index (χ3n) is 4.16. The zero-order chi connectivity index (χ0) is 20.1. The summed E-state index contributed by atoms with van der Waals surface area (Å²) >= 11 is 0. The Kier molecular flexibility index (Phi) is 5.29. The third-order valence-corrected chi connectivity index (χ3v) is 4.16. The number of carbonyl (C=O) groups excluding carboxylic acids is 1. The molecule has 0 saturated heterocycles. The van der Waals surface area contributed by atoms with Crippen molar-refractivity contribution in [2.24, 2.45) is 0 Å². The number of anilines is 1. The molecule has 6 nitrogen and oxygen atoms in total. The van der Waals surface area contributed by atoms with Crippen molar-refractivity contribution in [2.45, 2.75) is 6.61 Å². The van der Waals surface area contributed by atoms with Gasteiger partial charge in [-0.2, -0.15) is 5.10 Å². The van der Waals surface area contributed by atoms with Crippen molar-refractivity contribution in [1.29, 1.82) is 0 Å². The molecule has 2 aromatic carbocycles. The summed E-state index contributed by atoms with van der Waals surface area (Å²) in [5.41, 5.74) is 1.87. The molecule has 7 heteroatoms. The monoisotopic (exact) mass is 388 g/mol. The molecule has 0 aliphatic heterocycles. The maximum atomic E-state index is 13.0. The molecule has 1 amide bonds. The van der Waals surface area contributed by atoms with Crippen LogP contribution in [0.2, 0.25) is 0 Å². The van der Waals surface area contributed by atoms with Gasteiger partial charge < -0.3 is 10.1 Å². The summed E-state index contributed by atoms with van der Waals surface area (Å²) in [6.45, 7) is 0.282. The van der Waals surface area contributed by atoms with Crippen LogP contribution in [0.1, 0.15) is 15.9 Å². The van der Waals surface area contributed by atoms with Crippen molar-refractivity contribution >= 4 is 11.6 Å². The van der Waals surface area contributed by atoms with Gasteiger partial charge in [-0.15, -0.1) is 0 Å². The largest absolute Gasteiger partial charge is 0.489 e. The van der Waals surface area contributed by atoms with E-state index in [-0.39, 0.29) is 18.3 Å². The summed E-state index contributed by atoms with van der Waals surface area (Å²) in [6, 6.07) is 18.3. The van der Waals surface area contributed by atoms with Crippen LogP contribution in [0.3, 0.4) is 0 Å². The van der Waals surface area contributed by atoms with E-state index in [1.165, 1.54) is 12.1 Å². The Morgan fingerprint density at radius 3 is 2.66 bits per heavy atom. The average Bonchev–Trinajstić information content (AvgIpc) is 3.29. The lowest BCUT2D eigenvalue weighted by molar-refractivity contribution is 0.102. The fourth-order valence-electron chi connectivity index (χ4n) is 2.68. The first kappa shape index (κ1) is 18.4. The molecular formula is C22H17FN4O2. The Morgan fingerprint density at radius 1 is 1.07 bits per heavy atom. The fraction of sp³-hybridized carbons (Fsp3) is 0.0455. The highest BCUT2D eigenvalue weighted by Gasteiger charge is 2.08. The normalized spacial score (nSPS) is 10.5. The molecule has 0 spiro atoms. The minimum atomic E-state index is -0.292. The maximum absolute atomic E-state index is 13.0. The molecule has 0 bridgehead atoms. The van der Waals surface area contributed by atoms with Gasteiger partial charge in [0.25, 0.3) is 5.91 Å². The number of benzene rings is 2. The van der Waals surface area contributed by atoms with E-state index in [4.69, 9.17) is 4.74 Å². The lowest BCUT2D eigenvalue weighted by Crippen LogP contribution is -2.12. The number of ether oxygens (including phenoxy) is 1. The van der Waals surface area contributed by atoms with Crippen LogP contribution in [0.25, 0.3) is 5.82 Å². The first-order chi connectivity index (χ1) is 14.2. The van der Waals surface area contributed by atoms with Crippen molar-refractivity contribution in [2.75, 3.05) is 5.32 Å². The molecule has 2 heterocycles. The maximum Gasteiger partial charge on any atom is 0.255 e. The van der Waals surface area contributed by atoms with Gasteiger partial charge >= 0.3 is 0 Å². The topological polar surface area (TPSA) is 69.0 Å². The van der Waals surface area contributed by atoms with Gasteiger partial charge in [-0.3, -0.25) is 4.79 Å². The van der Waals surface area contributed by atoms with E-state index in [9.17, 15) is 9.18 Å². The molecule has 1 N–H and O–H groups in total. The molecule has 0 saturated carbocycles. The number of hydrogen-bond donors (Lipinski definition) is 1. The number of rotatable bonds is 6. The molecule has 4 rings (SSSR count). The molecule has 0 fully saturated rings. The van der Waals surface area contributed by atoms with Crippen LogP contribution in [0, 0.1) is 5.82 Å². The average molecular weight is 388 g/mol. The Balaban J connectivity index is 1.39. The first-order valence-electron chi connectivity index (χ1n) is 8.92. The number of aromatic nitrogens is 3. The summed E-state index contributed by atoms with van der Waals surface area (Å²) in [5, 5.41) is 6.92. The molecule has 2 aromatic heterocycles. The molecule has 0 aliphatic carbocycles. The molecule has 0 aliphatic rings. The quantitative estimate of drug-likeness (QED) is 0.536. The van der Waals surface area contributed by atoms with Crippen LogP contribution < -0.4 is 10.1 Å². The second kappa shape index (κ2) is 8.35. The van der Waals surface area contributed by atoms with Gasteiger partial charge in [0.1, 0.15) is 18.2 Å². The van der Waals surface area contributed by atoms with Gasteiger partial charge in [-0.1, -0.05) is 18.2 Å². The van der Waals surface area contributed by atoms with E-state index in [1.54, 1.807) is 71.8 Å². The Bertz CT molecular complexity index is 1090. The Hall–Kier alpha value is -4.00. The predicted molar refractivity (Wildman–Crippen MR) is 106 cm³/mol. The summed E-state index contributed by atoms with van der Waals surface area (Å²) < 4.78 is 20.3. The van der Waals surface area contributed by atoms with Crippen LogP contribution in [-0.2, 0) is 6.61 Å². The van der Waals surface area contributed by atoms with Crippen LogP contribution in [0.15, 0.2) is 85.3 Å². The number of carbonyl (C=O) groups is 1. The number of nitrogens with zero attached hydrogens (tertiary/aromatic N) is 3. The highest BCUT2D eigenvalue weighted by Crippen LogP contribution is 2.17. The number of hydrogen-bond acceptors (Lipinski definition) is 4. The lowest BCUT2D eigenvalue weighted by atomic mass is 10.2. The zero-order valence-electron chi connectivity index (χ0n) is 15.3. The number of nitrogens with one attached hydrogen (secondary N) is 1. The highest BCUT2D eigenvalue weighted by atomic mass is 19.1. The van der Waals surface area contributed by atoms with E-state index in [0.717, 1.165) is 5.56 Å². The Labute approximate surface area is 166 Å². The van der Waals surface area contributed by atoms with E-state index >= 15 is 0 Å². The van der Waals surface area contributed by atoms with Gasteiger partial charge in [0, 0.05) is 18.0 Å². The van der Waals surface area contributed by atoms with Crippen LogP contribution in [0.5, 0.6) is 5.75 Å². The summed E-state index contributed by atoms with van der Waals surface area (Å²) in [7, 11) is 0. The van der Waals surface area contributed by atoms with Crippen molar-refractivity contribution in [3.05, 3.63) is 102 Å². The summed E-state index contributed by atoms with van der Waals surface area (Å²) in [5.74, 6) is 0.642. The third kappa shape index (κ3) is 4.65. The summed E-state index contributed by atoms with van der Waals surface area (Å²) in [4.78, 5) is 16.8. The predicted octanol–water partition coefficient (Wildman–Crippen LogP) is 4.24. The lowest BCUT2D eigenvalue weighted by Gasteiger charge is -2.09. The minimum Gasteiger partial charge on any atom is -0.489 e. The number of amides is 1. The van der Waals surface area contributed by atoms with Gasteiger partial charge in [-0.25, -0.2) is 14.1 Å². The standard InChI is InChI=1S/C22H17FN4O2/c23-18-7-5-16(6-8-18)15-29-20-4-1-3-17(13-20)22(28)26-19-9-10-21(24-14-19)27-12-2-11-25-27/h1-14H,15H2,(H,26,28). The molecular weight excluding hydrogens is 371 g/mol. The van der Waals surface area contributed by atoms with Crippen molar-refractivity contribution < 1.29 is 13.9 Å². The second-order valence-electron chi connectivity index (χ2n) is 6.25. The first-order valence-corrected chi connectivity index (χ1v) is 8.92. The zero-order valence-corrected chi connectivity index (χ0v) is 15.3. The second-order valence-corrected chi connectivity index (χ2v) is 6.25. The molecule has 4 aromatic rings. The van der Waals surface area contributed by atoms with Gasteiger partial charge in [0.2, 0.25) is 0 Å². The van der Waals surface area contributed by atoms with Crippen molar-refractivity contribution in [3.63, 3.8) is 0 Å². The van der Waals surface area contributed by atoms with Gasteiger partial charge in [0.15, 0.2) is 5.82 Å². The molecule has 144 valence electrons.